The van der Waals surface area contributed by atoms with Gasteiger partial charge in [-0.15, -0.1) is 0 Å². The SMILES string of the molecule is CCCOc1ccc(CNC(C)=O)c(OC(F)F)c1. The summed E-state index contributed by atoms with van der Waals surface area (Å²) < 4.78 is 34.4. The van der Waals surface area contributed by atoms with Gasteiger partial charge < -0.3 is 14.8 Å². The minimum absolute atomic E-state index is 0.0114. The maximum atomic E-state index is 12.3. The van der Waals surface area contributed by atoms with Crippen molar-refractivity contribution in [3.8, 4) is 11.5 Å². The third-order valence-electron chi connectivity index (χ3n) is 2.26. The van der Waals surface area contributed by atoms with Crippen LogP contribution < -0.4 is 14.8 Å². The average molecular weight is 273 g/mol. The van der Waals surface area contributed by atoms with E-state index in [1.165, 1.54) is 13.0 Å². The Hall–Kier alpha value is -1.85. The van der Waals surface area contributed by atoms with E-state index in [9.17, 15) is 13.6 Å². The van der Waals surface area contributed by atoms with Crippen molar-refractivity contribution in [1.82, 2.24) is 5.32 Å². The minimum atomic E-state index is -2.92. The molecule has 0 aliphatic heterocycles. The van der Waals surface area contributed by atoms with Crippen molar-refractivity contribution in [1.29, 1.82) is 0 Å². The van der Waals surface area contributed by atoms with Crippen LogP contribution in [0.3, 0.4) is 0 Å². The van der Waals surface area contributed by atoms with E-state index in [4.69, 9.17) is 4.74 Å². The van der Waals surface area contributed by atoms with Gasteiger partial charge >= 0.3 is 6.61 Å². The van der Waals surface area contributed by atoms with Gasteiger partial charge in [-0.3, -0.25) is 4.79 Å². The lowest BCUT2D eigenvalue weighted by molar-refractivity contribution is -0.119. The van der Waals surface area contributed by atoms with Crippen molar-refractivity contribution in [2.45, 2.75) is 33.4 Å². The molecule has 0 spiro atoms. The topological polar surface area (TPSA) is 47.6 Å². The molecule has 0 aliphatic carbocycles. The van der Waals surface area contributed by atoms with E-state index in [0.717, 1.165) is 6.42 Å². The number of carbonyl (C=O) groups excluding carboxylic acids is 1. The standard InChI is InChI=1S/C13H17F2NO3/c1-3-6-18-11-5-4-10(8-16-9(2)17)12(7-11)19-13(14)15/h4-5,7,13H,3,6,8H2,1-2H3,(H,16,17). The zero-order valence-electron chi connectivity index (χ0n) is 10.9. The summed E-state index contributed by atoms with van der Waals surface area (Å²) in [6.45, 7) is 1.01. The third-order valence-corrected chi connectivity index (χ3v) is 2.26. The van der Waals surface area contributed by atoms with Crippen LogP contribution in [-0.2, 0) is 11.3 Å². The van der Waals surface area contributed by atoms with Crippen LogP contribution in [0.5, 0.6) is 11.5 Å². The largest absolute Gasteiger partial charge is 0.493 e. The van der Waals surface area contributed by atoms with Crippen molar-refractivity contribution in [2.24, 2.45) is 0 Å². The Morgan fingerprint density at radius 3 is 2.74 bits per heavy atom. The molecule has 0 aromatic heterocycles. The van der Waals surface area contributed by atoms with Crippen LogP contribution >= 0.6 is 0 Å². The molecule has 6 heteroatoms. The zero-order valence-corrected chi connectivity index (χ0v) is 10.9. The van der Waals surface area contributed by atoms with Gasteiger partial charge in [-0.2, -0.15) is 8.78 Å². The molecule has 1 aromatic carbocycles. The average Bonchev–Trinajstić information content (AvgIpc) is 2.34. The maximum Gasteiger partial charge on any atom is 0.387 e. The predicted molar refractivity (Wildman–Crippen MR) is 66.4 cm³/mol. The second kappa shape index (κ2) is 7.56. The minimum Gasteiger partial charge on any atom is -0.493 e. The second-order valence-corrected chi connectivity index (χ2v) is 3.91. The summed E-state index contributed by atoms with van der Waals surface area (Å²) in [5.74, 6) is 0.232. The van der Waals surface area contributed by atoms with Gasteiger partial charge in [-0.1, -0.05) is 6.92 Å². The number of rotatable bonds is 7. The van der Waals surface area contributed by atoms with E-state index in [-0.39, 0.29) is 18.2 Å². The lowest BCUT2D eigenvalue weighted by atomic mass is 10.2. The Labute approximate surface area is 110 Å². The summed E-state index contributed by atoms with van der Waals surface area (Å²) >= 11 is 0. The monoisotopic (exact) mass is 273 g/mol. The zero-order chi connectivity index (χ0) is 14.3. The molecular formula is C13H17F2NO3. The molecule has 0 aliphatic rings. The first-order valence-electron chi connectivity index (χ1n) is 5.98. The Balaban J connectivity index is 2.85. The molecular weight excluding hydrogens is 256 g/mol. The molecule has 0 bridgehead atoms. The fourth-order valence-electron chi connectivity index (χ4n) is 1.42. The Kier molecular flexibility index (Phi) is 6.05. The fourth-order valence-corrected chi connectivity index (χ4v) is 1.42. The van der Waals surface area contributed by atoms with Crippen LogP contribution in [0.25, 0.3) is 0 Å². The predicted octanol–water partition coefficient (Wildman–Crippen LogP) is 2.71. The molecule has 0 saturated heterocycles. The van der Waals surface area contributed by atoms with E-state index in [1.807, 2.05) is 6.92 Å². The van der Waals surface area contributed by atoms with Gasteiger partial charge in [0.25, 0.3) is 0 Å². The number of hydrogen-bond acceptors (Lipinski definition) is 3. The van der Waals surface area contributed by atoms with Crippen LogP contribution in [-0.4, -0.2) is 19.1 Å². The van der Waals surface area contributed by atoms with Gasteiger partial charge in [0.2, 0.25) is 5.91 Å². The molecule has 0 saturated carbocycles. The fraction of sp³-hybridized carbons (Fsp3) is 0.462. The van der Waals surface area contributed by atoms with Crippen molar-refractivity contribution in [3.05, 3.63) is 23.8 Å². The lowest BCUT2D eigenvalue weighted by Gasteiger charge is -2.13. The molecule has 0 heterocycles. The number of alkyl halides is 2. The highest BCUT2D eigenvalue weighted by Gasteiger charge is 2.11. The number of amides is 1. The lowest BCUT2D eigenvalue weighted by Crippen LogP contribution is -2.19. The Bertz CT molecular complexity index is 424. The highest BCUT2D eigenvalue weighted by molar-refractivity contribution is 5.72. The van der Waals surface area contributed by atoms with Gasteiger partial charge in [0.15, 0.2) is 0 Å². The van der Waals surface area contributed by atoms with Gasteiger partial charge in [-0.05, 0) is 18.6 Å². The van der Waals surface area contributed by atoms with Crippen molar-refractivity contribution in [3.63, 3.8) is 0 Å². The number of nitrogens with one attached hydrogen (secondary N) is 1. The maximum absolute atomic E-state index is 12.3. The van der Waals surface area contributed by atoms with Gasteiger partial charge in [0.1, 0.15) is 11.5 Å². The van der Waals surface area contributed by atoms with E-state index in [0.29, 0.717) is 17.9 Å². The molecule has 0 unspecified atom stereocenters. The molecule has 1 N–H and O–H groups in total. The summed E-state index contributed by atoms with van der Waals surface area (Å²) in [4.78, 5) is 10.8. The summed E-state index contributed by atoms with van der Waals surface area (Å²) in [7, 11) is 0. The number of benzene rings is 1. The van der Waals surface area contributed by atoms with Crippen LogP contribution in [0.2, 0.25) is 0 Å². The number of hydrogen-bond donors (Lipinski definition) is 1. The number of halogens is 2. The molecule has 19 heavy (non-hydrogen) atoms. The van der Waals surface area contributed by atoms with E-state index >= 15 is 0 Å². The van der Waals surface area contributed by atoms with Gasteiger partial charge in [-0.25, -0.2) is 0 Å². The highest BCUT2D eigenvalue weighted by Crippen LogP contribution is 2.26. The van der Waals surface area contributed by atoms with Crippen molar-refractivity contribution >= 4 is 5.91 Å². The first-order valence-corrected chi connectivity index (χ1v) is 5.98. The Morgan fingerprint density at radius 1 is 1.42 bits per heavy atom. The quantitative estimate of drug-likeness (QED) is 0.831. The van der Waals surface area contributed by atoms with Crippen LogP contribution in [0.4, 0.5) is 8.78 Å². The molecule has 0 radical (unpaired) electrons. The molecule has 0 atom stereocenters. The van der Waals surface area contributed by atoms with Gasteiger partial charge in [0, 0.05) is 25.1 Å². The molecule has 1 rings (SSSR count). The number of carbonyl (C=O) groups is 1. The molecule has 106 valence electrons. The van der Waals surface area contributed by atoms with Crippen LogP contribution in [0.15, 0.2) is 18.2 Å². The molecule has 1 amide bonds. The molecule has 4 nitrogen and oxygen atoms in total. The number of ether oxygens (including phenoxy) is 2. The molecule has 0 fully saturated rings. The highest BCUT2D eigenvalue weighted by atomic mass is 19.3. The van der Waals surface area contributed by atoms with Crippen molar-refractivity contribution < 1.29 is 23.0 Å². The second-order valence-electron chi connectivity index (χ2n) is 3.91. The van der Waals surface area contributed by atoms with Crippen LogP contribution in [0.1, 0.15) is 25.8 Å². The summed E-state index contributed by atoms with van der Waals surface area (Å²) in [6, 6.07) is 4.66. The smallest absolute Gasteiger partial charge is 0.387 e. The first-order chi connectivity index (χ1) is 9.02. The normalized spacial score (nSPS) is 10.4. The third kappa shape index (κ3) is 5.54. The van der Waals surface area contributed by atoms with Crippen LogP contribution in [0, 0.1) is 0 Å². The first kappa shape index (κ1) is 15.2. The van der Waals surface area contributed by atoms with Crippen molar-refractivity contribution in [2.75, 3.05) is 6.61 Å². The van der Waals surface area contributed by atoms with E-state index < -0.39 is 6.61 Å². The van der Waals surface area contributed by atoms with E-state index in [1.54, 1.807) is 12.1 Å². The summed E-state index contributed by atoms with van der Waals surface area (Å²) in [5.41, 5.74) is 0.472. The summed E-state index contributed by atoms with van der Waals surface area (Å²) in [5, 5.41) is 2.53. The summed E-state index contributed by atoms with van der Waals surface area (Å²) in [6.07, 6.45) is 0.818. The van der Waals surface area contributed by atoms with E-state index in [2.05, 4.69) is 10.1 Å². The van der Waals surface area contributed by atoms with Gasteiger partial charge in [0.05, 0.1) is 6.61 Å². The molecule has 1 aromatic rings. The Morgan fingerprint density at radius 2 is 2.16 bits per heavy atom.